The first-order valence-corrected chi connectivity index (χ1v) is 8.21. The molecule has 0 radical (unpaired) electrons. The predicted octanol–water partition coefficient (Wildman–Crippen LogP) is 3.71. The van der Waals surface area contributed by atoms with E-state index in [1.54, 1.807) is 6.07 Å². The zero-order chi connectivity index (χ0) is 16.8. The molecule has 1 N–H and O–H groups in total. The molecule has 0 aliphatic carbocycles. The van der Waals surface area contributed by atoms with E-state index in [0.29, 0.717) is 17.9 Å². The Morgan fingerprint density at radius 1 is 1.17 bits per heavy atom. The SMILES string of the molecule is CCN(CC)C(CNC(=O)c1cc(C)oc1C)c1ccccc1. The van der Waals surface area contributed by atoms with Crippen LogP contribution in [0.3, 0.4) is 0 Å². The highest BCUT2D eigenvalue weighted by Gasteiger charge is 2.20. The number of hydrogen-bond acceptors (Lipinski definition) is 3. The molecule has 4 nitrogen and oxygen atoms in total. The van der Waals surface area contributed by atoms with E-state index in [-0.39, 0.29) is 11.9 Å². The van der Waals surface area contributed by atoms with Gasteiger partial charge in [-0.15, -0.1) is 0 Å². The third kappa shape index (κ3) is 4.23. The number of hydrogen-bond donors (Lipinski definition) is 1. The maximum absolute atomic E-state index is 12.4. The van der Waals surface area contributed by atoms with Crippen LogP contribution in [-0.2, 0) is 0 Å². The Morgan fingerprint density at radius 2 is 1.83 bits per heavy atom. The number of furan rings is 1. The minimum absolute atomic E-state index is 0.0764. The lowest BCUT2D eigenvalue weighted by Gasteiger charge is -2.30. The van der Waals surface area contributed by atoms with Gasteiger partial charge in [0.15, 0.2) is 0 Å². The number of likely N-dealkylation sites (N-methyl/N-ethyl adjacent to an activating group) is 1. The highest BCUT2D eigenvalue weighted by atomic mass is 16.3. The highest BCUT2D eigenvalue weighted by Crippen LogP contribution is 2.20. The van der Waals surface area contributed by atoms with Gasteiger partial charge in [0.1, 0.15) is 11.5 Å². The maximum atomic E-state index is 12.4. The molecular formula is C19H26N2O2. The molecule has 0 aliphatic heterocycles. The number of aryl methyl sites for hydroxylation is 2. The largest absolute Gasteiger partial charge is 0.466 e. The standard InChI is InChI=1S/C19H26N2O2/c1-5-21(6-2)18(16-10-8-7-9-11-16)13-20-19(22)17-12-14(3)23-15(17)4/h7-12,18H,5-6,13H2,1-4H3,(H,20,22). The molecule has 0 spiro atoms. The predicted molar refractivity (Wildman–Crippen MR) is 92.6 cm³/mol. The van der Waals surface area contributed by atoms with Crippen molar-refractivity contribution >= 4 is 5.91 Å². The van der Waals surface area contributed by atoms with Crippen LogP contribution in [0.2, 0.25) is 0 Å². The normalized spacial score (nSPS) is 12.4. The van der Waals surface area contributed by atoms with Crippen LogP contribution in [0.5, 0.6) is 0 Å². The minimum atomic E-state index is -0.0764. The molecule has 0 saturated heterocycles. The first-order valence-electron chi connectivity index (χ1n) is 8.21. The fraction of sp³-hybridized carbons (Fsp3) is 0.421. The average Bonchev–Trinajstić information content (AvgIpc) is 2.90. The van der Waals surface area contributed by atoms with Crippen LogP contribution in [0, 0.1) is 13.8 Å². The summed E-state index contributed by atoms with van der Waals surface area (Å²) in [7, 11) is 0. The van der Waals surface area contributed by atoms with Crippen LogP contribution in [0.4, 0.5) is 0 Å². The zero-order valence-electron chi connectivity index (χ0n) is 14.4. The summed E-state index contributed by atoms with van der Waals surface area (Å²) < 4.78 is 5.45. The van der Waals surface area contributed by atoms with Gasteiger partial charge in [-0.3, -0.25) is 9.69 Å². The number of amides is 1. The summed E-state index contributed by atoms with van der Waals surface area (Å²) in [5.41, 5.74) is 1.84. The number of carbonyl (C=O) groups excluding carboxylic acids is 1. The fourth-order valence-electron chi connectivity index (χ4n) is 2.94. The molecule has 124 valence electrons. The van der Waals surface area contributed by atoms with Crippen molar-refractivity contribution in [1.82, 2.24) is 10.2 Å². The molecule has 0 bridgehead atoms. The number of nitrogens with one attached hydrogen (secondary N) is 1. The second-order valence-corrected chi connectivity index (χ2v) is 5.68. The Hall–Kier alpha value is -2.07. The van der Waals surface area contributed by atoms with E-state index in [4.69, 9.17) is 4.42 Å². The molecular weight excluding hydrogens is 288 g/mol. The van der Waals surface area contributed by atoms with E-state index in [1.165, 1.54) is 5.56 Å². The van der Waals surface area contributed by atoms with Crippen molar-refractivity contribution in [3.63, 3.8) is 0 Å². The summed E-state index contributed by atoms with van der Waals surface area (Å²) in [6.45, 7) is 10.4. The minimum Gasteiger partial charge on any atom is -0.466 e. The summed E-state index contributed by atoms with van der Waals surface area (Å²) in [6, 6.07) is 12.3. The van der Waals surface area contributed by atoms with Crippen molar-refractivity contribution in [3.05, 3.63) is 59.0 Å². The van der Waals surface area contributed by atoms with E-state index < -0.39 is 0 Å². The Kier molecular flexibility index (Phi) is 5.99. The van der Waals surface area contributed by atoms with Gasteiger partial charge in [-0.1, -0.05) is 44.2 Å². The zero-order valence-corrected chi connectivity index (χ0v) is 14.4. The van der Waals surface area contributed by atoms with Gasteiger partial charge in [-0.25, -0.2) is 0 Å². The number of carbonyl (C=O) groups is 1. The smallest absolute Gasteiger partial charge is 0.254 e. The van der Waals surface area contributed by atoms with Gasteiger partial charge in [0.25, 0.3) is 5.91 Å². The summed E-state index contributed by atoms with van der Waals surface area (Å²) in [6.07, 6.45) is 0. The molecule has 23 heavy (non-hydrogen) atoms. The monoisotopic (exact) mass is 314 g/mol. The van der Waals surface area contributed by atoms with Gasteiger partial charge < -0.3 is 9.73 Å². The Balaban J connectivity index is 2.12. The van der Waals surface area contributed by atoms with Crippen LogP contribution in [-0.4, -0.2) is 30.4 Å². The van der Waals surface area contributed by atoms with Gasteiger partial charge in [0, 0.05) is 6.54 Å². The molecule has 0 aliphatic rings. The first kappa shape index (κ1) is 17.3. The Labute approximate surface area is 138 Å². The molecule has 1 aromatic heterocycles. The number of benzene rings is 1. The fourth-order valence-corrected chi connectivity index (χ4v) is 2.94. The maximum Gasteiger partial charge on any atom is 0.254 e. The first-order chi connectivity index (χ1) is 11.1. The van der Waals surface area contributed by atoms with Crippen LogP contribution in [0.1, 0.15) is 47.3 Å². The van der Waals surface area contributed by atoms with Crippen LogP contribution in [0.15, 0.2) is 40.8 Å². The number of rotatable bonds is 7. The third-order valence-electron chi connectivity index (χ3n) is 4.18. The van der Waals surface area contributed by atoms with Crippen molar-refractivity contribution in [2.24, 2.45) is 0 Å². The van der Waals surface area contributed by atoms with E-state index in [0.717, 1.165) is 18.8 Å². The van der Waals surface area contributed by atoms with Gasteiger partial charge in [-0.05, 0) is 38.6 Å². The van der Waals surface area contributed by atoms with Crippen molar-refractivity contribution in [2.45, 2.75) is 33.7 Å². The van der Waals surface area contributed by atoms with Crippen LogP contribution < -0.4 is 5.32 Å². The molecule has 1 atom stereocenters. The lowest BCUT2D eigenvalue weighted by molar-refractivity contribution is 0.0933. The average molecular weight is 314 g/mol. The third-order valence-corrected chi connectivity index (χ3v) is 4.18. The van der Waals surface area contributed by atoms with E-state index in [1.807, 2.05) is 32.0 Å². The molecule has 2 rings (SSSR count). The van der Waals surface area contributed by atoms with Crippen molar-refractivity contribution in [3.8, 4) is 0 Å². The number of nitrogens with zero attached hydrogens (tertiary/aromatic N) is 1. The van der Waals surface area contributed by atoms with E-state index in [9.17, 15) is 4.79 Å². The lowest BCUT2D eigenvalue weighted by atomic mass is 10.0. The van der Waals surface area contributed by atoms with Gasteiger partial charge in [0.2, 0.25) is 0 Å². The molecule has 1 aromatic carbocycles. The van der Waals surface area contributed by atoms with Gasteiger partial charge in [-0.2, -0.15) is 0 Å². The molecule has 1 unspecified atom stereocenters. The van der Waals surface area contributed by atoms with Crippen molar-refractivity contribution in [2.75, 3.05) is 19.6 Å². The Morgan fingerprint density at radius 3 is 2.35 bits per heavy atom. The topological polar surface area (TPSA) is 45.5 Å². The summed E-state index contributed by atoms with van der Waals surface area (Å²) in [5.74, 6) is 1.35. The van der Waals surface area contributed by atoms with Gasteiger partial charge >= 0.3 is 0 Å². The molecule has 4 heteroatoms. The van der Waals surface area contributed by atoms with E-state index in [2.05, 4.69) is 36.2 Å². The molecule has 1 amide bonds. The summed E-state index contributed by atoms with van der Waals surface area (Å²) in [4.78, 5) is 14.8. The van der Waals surface area contributed by atoms with Crippen molar-refractivity contribution in [1.29, 1.82) is 0 Å². The van der Waals surface area contributed by atoms with Crippen LogP contribution >= 0.6 is 0 Å². The van der Waals surface area contributed by atoms with E-state index >= 15 is 0 Å². The molecule has 2 aromatic rings. The summed E-state index contributed by atoms with van der Waals surface area (Å²) in [5, 5.41) is 3.06. The highest BCUT2D eigenvalue weighted by molar-refractivity contribution is 5.95. The summed E-state index contributed by atoms with van der Waals surface area (Å²) >= 11 is 0. The van der Waals surface area contributed by atoms with Gasteiger partial charge in [0.05, 0.1) is 11.6 Å². The molecule has 0 saturated carbocycles. The quantitative estimate of drug-likeness (QED) is 0.847. The lowest BCUT2D eigenvalue weighted by Crippen LogP contribution is -2.38. The molecule has 1 heterocycles. The van der Waals surface area contributed by atoms with Crippen molar-refractivity contribution < 1.29 is 9.21 Å². The van der Waals surface area contributed by atoms with Crippen LogP contribution in [0.25, 0.3) is 0 Å². The Bertz CT molecular complexity index is 630. The second-order valence-electron chi connectivity index (χ2n) is 5.68. The molecule has 0 fully saturated rings. The second kappa shape index (κ2) is 7.97.